The molecule has 1 atom stereocenters. The number of halogens is 1. The average Bonchev–Trinajstić information content (AvgIpc) is 3.10. The molecule has 0 unspecified atom stereocenters. The minimum absolute atomic E-state index is 0.0165. The zero-order valence-electron chi connectivity index (χ0n) is 26.8. The number of amides is 1. The topological polar surface area (TPSA) is 173 Å². The third-order valence-electron chi connectivity index (χ3n) is 8.02. The molecule has 1 fully saturated rings. The van der Waals surface area contributed by atoms with Gasteiger partial charge < -0.3 is 10.0 Å². The summed E-state index contributed by atoms with van der Waals surface area (Å²) in [4.78, 5) is 56.8. The second-order valence-electron chi connectivity index (χ2n) is 11.5. The van der Waals surface area contributed by atoms with Crippen LogP contribution < -0.4 is 0 Å². The number of fused-ring (bicyclic) bond motifs is 2. The van der Waals surface area contributed by atoms with Gasteiger partial charge in [-0.1, -0.05) is 24.3 Å². The Labute approximate surface area is 284 Å². The number of benzene rings is 3. The van der Waals surface area contributed by atoms with Crippen molar-refractivity contribution in [3.8, 4) is 0 Å². The predicted molar refractivity (Wildman–Crippen MR) is 185 cm³/mol. The molecular formula is C36H31FN6O7. The lowest BCUT2D eigenvalue weighted by molar-refractivity contribution is -0.385. The zero-order valence-corrected chi connectivity index (χ0v) is 26.8. The van der Waals surface area contributed by atoms with Crippen molar-refractivity contribution in [3.63, 3.8) is 0 Å². The number of carbonyl (C=O) groups is 2. The van der Waals surface area contributed by atoms with Crippen LogP contribution in [0.15, 0.2) is 97.3 Å². The zero-order chi connectivity index (χ0) is 35.8. The molecule has 13 nitrogen and oxygen atoms in total. The van der Waals surface area contributed by atoms with Crippen molar-refractivity contribution in [2.45, 2.75) is 19.5 Å². The highest BCUT2D eigenvalue weighted by Gasteiger charge is 2.26. The van der Waals surface area contributed by atoms with Crippen LogP contribution in [0.25, 0.3) is 34.0 Å². The summed E-state index contributed by atoms with van der Waals surface area (Å²) < 4.78 is 13.1. The number of rotatable bonds is 8. The first kappa shape index (κ1) is 34.9. The van der Waals surface area contributed by atoms with Crippen molar-refractivity contribution in [2.75, 3.05) is 19.6 Å². The Morgan fingerprint density at radius 2 is 1.40 bits per heavy atom. The van der Waals surface area contributed by atoms with Gasteiger partial charge in [0.05, 0.1) is 32.0 Å². The maximum atomic E-state index is 13.1. The molecule has 14 heteroatoms. The van der Waals surface area contributed by atoms with E-state index in [0.717, 1.165) is 17.0 Å². The number of hydrogen-bond acceptors (Lipinski definition) is 9. The maximum Gasteiger partial charge on any atom is 0.328 e. The Morgan fingerprint density at radius 1 is 0.860 bits per heavy atom. The number of nitro groups is 2. The number of hydrogen-bond donors (Lipinski definition) is 1. The molecule has 0 spiro atoms. The van der Waals surface area contributed by atoms with Crippen LogP contribution in [0.4, 0.5) is 15.8 Å². The smallest absolute Gasteiger partial charge is 0.328 e. The number of carboxylic acid groups (broad SMARTS) is 1. The Balaban J connectivity index is 0.000000228. The highest BCUT2D eigenvalue weighted by atomic mass is 19.1. The monoisotopic (exact) mass is 678 g/mol. The van der Waals surface area contributed by atoms with Crippen molar-refractivity contribution >= 4 is 57.2 Å². The van der Waals surface area contributed by atoms with E-state index in [1.54, 1.807) is 59.8 Å². The van der Waals surface area contributed by atoms with Crippen molar-refractivity contribution in [3.05, 3.63) is 140 Å². The first-order valence-electron chi connectivity index (χ1n) is 15.4. The third-order valence-corrected chi connectivity index (χ3v) is 8.02. The van der Waals surface area contributed by atoms with E-state index in [0.29, 0.717) is 48.2 Å². The normalized spacial score (nSPS) is 14.9. The van der Waals surface area contributed by atoms with E-state index in [1.165, 1.54) is 42.5 Å². The summed E-state index contributed by atoms with van der Waals surface area (Å²) in [6.45, 7) is 4.61. The van der Waals surface area contributed by atoms with Gasteiger partial charge in [-0.05, 0) is 61.0 Å². The van der Waals surface area contributed by atoms with E-state index in [2.05, 4.69) is 14.9 Å². The molecular weight excluding hydrogens is 647 g/mol. The lowest BCUT2D eigenvalue weighted by Gasteiger charge is -2.39. The number of nitro benzene ring substituents is 2. The molecule has 2 aromatic heterocycles. The van der Waals surface area contributed by atoms with Crippen LogP contribution in [0.5, 0.6) is 0 Å². The molecule has 3 heterocycles. The summed E-state index contributed by atoms with van der Waals surface area (Å²) in [6, 6.07) is 19.4. The van der Waals surface area contributed by atoms with Gasteiger partial charge in [-0.3, -0.25) is 39.9 Å². The lowest BCUT2D eigenvalue weighted by atomic mass is 10.1. The van der Waals surface area contributed by atoms with E-state index in [-0.39, 0.29) is 34.7 Å². The fourth-order valence-electron chi connectivity index (χ4n) is 5.61. The number of piperazine rings is 1. The standard InChI is InChI=1S/C24H23FN4O3.C12H8N2O4/c1-17-15-27(16-18-4-7-21(25)8-5-18)11-12-28(17)24(30)9-6-20-13-19-3-2-10-26-22(19)14-23(20)29(31)32;15-12(16)4-3-9-6-8-2-1-5-13-10(8)7-11(9)14(17)18/h2-10,13-14,17H,11-12,15-16H2,1H3;1-7H,(H,15,16)/b9-6+;4-3+/t17-;/m1./s1. The Morgan fingerprint density at radius 3 is 1.90 bits per heavy atom. The van der Waals surface area contributed by atoms with Gasteiger partial charge in [0.25, 0.3) is 11.4 Å². The fraction of sp³-hybridized carbons (Fsp3) is 0.167. The molecule has 0 radical (unpaired) electrons. The van der Waals surface area contributed by atoms with Gasteiger partial charge in [0, 0.05) is 79.7 Å². The Bertz CT molecular complexity index is 2140. The molecule has 0 aliphatic carbocycles. The quantitative estimate of drug-likeness (QED) is 0.112. The van der Waals surface area contributed by atoms with Crippen LogP contribution in [-0.4, -0.2) is 72.3 Å². The van der Waals surface area contributed by atoms with Crippen LogP contribution in [0.2, 0.25) is 0 Å². The first-order chi connectivity index (χ1) is 24.0. The highest BCUT2D eigenvalue weighted by Crippen LogP contribution is 2.27. The SMILES string of the molecule is C[C@@H]1CN(Cc2ccc(F)cc2)CCN1C(=O)/C=C/c1cc2cccnc2cc1[N+](=O)[O-].O=C(O)/C=C/c1cc2cccnc2cc1[N+](=O)[O-]. The second-order valence-corrected chi connectivity index (χ2v) is 11.5. The van der Waals surface area contributed by atoms with E-state index in [9.17, 15) is 34.2 Å². The number of aliphatic carboxylic acids is 1. The summed E-state index contributed by atoms with van der Waals surface area (Å²) in [6.07, 6.45) is 8.10. The van der Waals surface area contributed by atoms with Crippen molar-refractivity contribution in [2.24, 2.45) is 0 Å². The fourth-order valence-corrected chi connectivity index (χ4v) is 5.61. The largest absolute Gasteiger partial charge is 0.478 e. The van der Waals surface area contributed by atoms with Crippen LogP contribution in [0, 0.1) is 26.0 Å². The Kier molecular flexibility index (Phi) is 10.9. The molecule has 1 amide bonds. The van der Waals surface area contributed by atoms with Crippen LogP contribution >= 0.6 is 0 Å². The summed E-state index contributed by atoms with van der Waals surface area (Å²) in [5.41, 5.74) is 2.41. The Hall–Kier alpha value is -6.41. The molecule has 50 heavy (non-hydrogen) atoms. The molecule has 6 rings (SSSR count). The van der Waals surface area contributed by atoms with Crippen molar-refractivity contribution < 1.29 is 28.9 Å². The van der Waals surface area contributed by atoms with E-state index < -0.39 is 15.8 Å². The summed E-state index contributed by atoms with van der Waals surface area (Å²) in [5.74, 6) is -1.60. The number of carbonyl (C=O) groups excluding carboxylic acids is 1. The molecule has 1 aliphatic rings. The molecule has 0 bridgehead atoms. The lowest BCUT2D eigenvalue weighted by Crippen LogP contribution is -2.53. The van der Waals surface area contributed by atoms with E-state index in [1.807, 2.05) is 13.0 Å². The van der Waals surface area contributed by atoms with E-state index in [4.69, 9.17) is 5.11 Å². The van der Waals surface area contributed by atoms with Crippen molar-refractivity contribution in [1.82, 2.24) is 19.8 Å². The number of aromatic nitrogens is 2. The van der Waals surface area contributed by atoms with Gasteiger partial charge in [0.2, 0.25) is 5.91 Å². The molecule has 5 aromatic rings. The molecule has 254 valence electrons. The summed E-state index contributed by atoms with van der Waals surface area (Å²) in [5, 5.41) is 32.4. The first-order valence-corrected chi connectivity index (χ1v) is 15.4. The van der Waals surface area contributed by atoms with Gasteiger partial charge >= 0.3 is 5.97 Å². The molecule has 1 N–H and O–H groups in total. The van der Waals surface area contributed by atoms with E-state index >= 15 is 0 Å². The predicted octanol–water partition coefficient (Wildman–Crippen LogP) is 6.27. The maximum absolute atomic E-state index is 13.1. The molecule has 1 aliphatic heterocycles. The number of nitrogens with zero attached hydrogens (tertiary/aromatic N) is 6. The van der Waals surface area contributed by atoms with Gasteiger partial charge in [0.1, 0.15) is 5.82 Å². The minimum atomic E-state index is -1.16. The highest BCUT2D eigenvalue weighted by molar-refractivity contribution is 5.94. The molecule has 3 aromatic carbocycles. The average molecular weight is 679 g/mol. The van der Waals surface area contributed by atoms with Crippen molar-refractivity contribution in [1.29, 1.82) is 0 Å². The van der Waals surface area contributed by atoms with Gasteiger partial charge in [-0.15, -0.1) is 0 Å². The van der Waals surface area contributed by atoms with Crippen LogP contribution in [0.3, 0.4) is 0 Å². The summed E-state index contributed by atoms with van der Waals surface area (Å²) >= 11 is 0. The van der Waals surface area contributed by atoms with Gasteiger partial charge in [-0.25, -0.2) is 9.18 Å². The number of pyridine rings is 2. The number of carboxylic acids is 1. The molecule has 1 saturated heterocycles. The third kappa shape index (κ3) is 8.73. The van der Waals surface area contributed by atoms with Crippen LogP contribution in [0.1, 0.15) is 23.6 Å². The van der Waals surface area contributed by atoms with Gasteiger partial charge in [-0.2, -0.15) is 0 Å². The van der Waals surface area contributed by atoms with Gasteiger partial charge in [0.15, 0.2) is 0 Å². The minimum Gasteiger partial charge on any atom is -0.478 e. The summed E-state index contributed by atoms with van der Waals surface area (Å²) in [7, 11) is 0. The second kappa shape index (κ2) is 15.7. The van der Waals surface area contributed by atoms with Crippen LogP contribution in [-0.2, 0) is 16.1 Å². The molecule has 0 saturated carbocycles.